The zero-order valence-corrected chi connectivity index (χ0v) is 15.1. The van der Waals surface area contributed by atoms with E-state index < -0.39 is 26.5 Å². The van der Waals surface area contributed by atoms with Crippen molar-refractivity contribution in [2.75, 3.05) is 5.75 Å². The Labute approximate surface area is 153 Å². The van der Waals surface area contributed by atoms with Gasteiger partial charge in [-0.1, -0.05) is 18.1 Å². The van der Waals surface area contributed by atoms with Gasteiger partial charge < -0.3 is 4.52 Å². The van der Waals surface area contributed by atoms with Crippen LogP contribution in [0.1, 0.15) is 18.1 Å². The van der Waals surface area contributed by atoms with Crippen LogP contribution >= 0.6 is 0 Å². The molecule has 2 heterocycles. The molecule has 142 valence electrons. The predicted octanol–water partition coefficient (Wildman–Crippen LogP) is 3.92. The Bertz CT molecular complexity index is 1070. The molecule has 0 fully saturated rings. The minimum absolute atomic E-state index is 0.0873. The molecular formula is C17H14F3N3O3S. The highest BCUT2D eigenvalue weighted by molar-refractivity contribution is 7.91. The van der Waals surface area contributed by atoms with Crippen molar-refractivity contribution < 1.29 is 26.1 Å². The fraction of sp³-hybridized carbons (Fsp3) is 0.235. The van der Waals surface area contributed by atoms with Crippen LogP contribution in [0.5, 0.6) is 0 Å². The van der Waals surface area contributed by atoms with E-state index in [2.05, 4.69) is 15.1 Å². The summed E-state index contributed by atoms with van der Waals surface area (Å²) in [6, 6.07) is 5.81. The van der Waals surface area contributed by atoms with E-state index >= 15 is 0 Å². The Hall–Kier alpha value is -2.75. The first-order valence-electron chi connectivity index (χ1n) is 7.83. The van der Waals surface area contributed by atoms with Crippen molar-refractivity contribution in [1.82, 2.24) is 15.1 Å². The lowest BCUT2D eigenvalue weighted by atomic mass is 10.1. The van der Waals surface area contributed by atoms with Gasteiger partial charge in [-0.2, -0.15) is 18.2 Å². The second-order valence-electron chi connectivity index (χ2n) is 5.76. The lowest BCUT2D eigenvalue weighted by molar-refractivity contribution is -0.137. The van der Waals surface area contributed by atoms with Crippen LogP contribution in [0.4, 0.5) is 13.2 Å². The highest BCUT2D eigenvalue weighted by Crippen LogP contribution is 2.35. The van der Waals surface area contributed by atoms with Gasteiger partial charge in [0, 0.05) is 6.20 Å². The fourth-order valence-electron chi connectivity index (χ4n) is 2.33. The number of hydrogen-bond acceptors (Lipinski definition) is 6. The van der Waals surface area contributed by atoms with Crippen LogP contribution in [0, 0.1) is 6.92 Å². The van der Waals surface area contributed by atoms with Gasteiger partial charge in [-0.15, -0.1) is 0 Å². The molecule has 3 rings (SSSR count). The largest absolute Gasteiger partial charge is 0.416 e. The van der Waals surface area contributed by atoms with Gasteiger partial charge in [0.05, 0.1) is 21.8 Å². The topological polar surface area (TPSA) is 86.0 Å². The Morgan fingerprint density at radius 3 is 2.48 bits per heavy atom. The second-order valence-corrected chi connectivity index (χ2v) is 8.00. The molecule has 3 aromatic rings. The first kappa shape index (κ1) is 19.0. The van der Waals surface area contributed by atoms with Crippen LogP contribution in [0.2, 0.25) is 0 Å². The Morgan fingerprint density at radius 2 is 1.89 bits per heavy atom. The van der Waals surface area contributed by atoms with Crippen LogP contribution in [0.25, 0.3) is 23.0 Å². The van der Waals surface area contributed by atoms with Gasteiger partial charge in [0.25, 0.3) is 5.89 Å². The average molecular weight is 397 g/mol. The number of aryl methyl sites for hydroxylation is 1. The molecule has 0 saturated heterocycles. The zero-order valence-electron chi connectivity index (χ0n) is 14.3. The number of hydrogen-bond donors (Lipinski definition) is 0. The van der Waals surface area contributed by atoms with Gasteiger partial charge in [0.2, 0.25) is 5.82 Å². The number of sulfone groups is 1. The van der Waals surface area contributed by atoms with Gasteiger partial charge >= 0.3 is 6.18 Å². The number of aromatic nitrogens is 3. The molecular weight excluding hydrogens is 383 g/mol. The normalized spacial score (nSPS) is 12.3. The van der Waals surface area contributed by atoms with Crippen LogP contribution in [0.15, 0.2) is 45.9 Å². The third-order valence-electron chi connectivity index (χ3n) is 3.82. The summed E-state index contributed by atoms with van der Waals surface area (Å²) in [4.78, 5) is 7.72. The van der Waals surface area contributed by atoms with Crippen molar-refractivity contribution in [3.8, 4) is 23.0 Å². The maximum atomic E-state index is 13.0. The molecule has 0 radical (unpaired) electrons. The molecule has 27 heavy (non-hydrogen) atoms. The number of nitrogens with zero attached hydrogens (tertiary/aromatic N) is 3. The molecule has 0 saturated carbocycles. The summed E-state index contributed by atoms with van der Waals surface area (Å²) in [5.41, 5.74) is 0.151. The first-order chi connectivity index (χ1) is 12.6. The molecule has 0 aliphatic carbocycles. The third-order valence-corrected chi connectivity index (χ3v) is 5.59. The fourth-order valence-corrected chi connectivity index (χ4v) is 3.43. The van der Waals surface area contributed by atoms with E-state index in [9.17, 15) is 21.6 Å². The average Bonchev–Trinajstić information content (AvgIpc) is 3.11. The summed E-state index contributed by atoms with van der Waals surface area (Å²) in [6.07, 6.45) is -3.08. The van der Waals surface area contributed by atoms with Crippen molar-refractivity contribution in [2.24, 2.45) is 0 Å². The van der Waals surface area contributed by atoms with Crippen LogP contribution in [0.3, 0.4) is 0 Å². The first-order valence-corrected chi connectivity index (χ1v) is 9.48. The summed E-state index contributed by atoms with van der Waals surface area (Å²) in [6.45, 7) is 3.19. The third kappa shape index (κ3) is 3.85. The van der Waals surface area contributed by atoms with Crippen molar-refractivity contribution in [3.63, 3.8) is 0 Å². The van der Waals surface area contributed by atoms with Gasteiger partial charge in [-0.25, -0.2) is 8.42 Å². The SMILES string of the molecule is CCS(=O)(=O)c1cc(C(F)(F)F)ccc1-c1nc(-c2ccc(C)cn2)no1. The van der Waals surface area contributed by atoms with Gasteiger partial charge in [-0.05, 0) is 36.8 Å². The van der Waals surface area contributed by atoms with Crippen molar-refractivity contribution in [1.29, 1.82) is 0 Å². The lowest BCUT2D eigenvalue weighted by Gasteiger charge is -2.11. The molecule has 0 spiro atoms. The molecule has 0 atom stereocenters. The summed E-state index contributed by atoms with van der Waals surface area (Å²) in [7, 11) is -3.96. The molecule has 1 aromatic carbocycles. The van der Waals surface area contributed by atoms with Crippen LogP contribution in [-0.2, 0) is 16.0 Å². The highest BCUT2D eigenvalue weighted by atomic mass is 32.2. The smallest absolute Gasteiger partial charge is 0.334 e. The van der Waals surface area contributed by atoms with E-state index in [0.29, 0.717) is 11.8 Å². The summed E-state index contributed by atoms with van der Waals surface area (Å²) < 4.78 is 68.7. The maximum Gasteiger partial charge on any atom is 0.416 e. The van der Waals surface area contributed by atoms with Gasteiger partial charge in [0.15, 0.2) is 9.84 Å². The van der Waals surface area contributed by atoms with E-state index in [-0.39, 0.29) is 23.0 Å². The highest BCUT2D eigenvalue weighted by Gasteiger charge is 2.33. The minimum atomic E-state index is -4.68. The Kier molecular flexibility index (Phi) is 4.77. The minimum Gasteiger partial charge on any atom is -0.334 e. The van der Waals surface area contributed by atoms with Crippen LogP contribution in [-0.4, -0.2) is 29.3 Å². The standard InChI is InChI=1S/C17H14F3N3O3S/c1-3-27(24,25)14-8-11(17(18,19)20)5-6-12(14)16-22-15(23-26-16)13-7-4-10(2)9-21-13/h4-9H,3H2,1-2H3. The number of halogens is 3. The molecule has 0 aliphatic heterocycles. The molecule has 10 heteroatoms. The van der Waals surface area contributed by atoms with E-state index in [0.717, 1.165) is 17.7 Å². The van der Waals surface area contributed by atoms with Gasteiger partial charge in [-0.3, -0.25) is 4.98 Å². The molecule has 6 nitrogen and oxygen atoms in total. The van der Waals surface area contributed by atoms with Crippen molar-refractivity contribution in [2.45, 2.75) is 24.9 Å². The number of pyridine rings is 1. The number of benzene rings is 1. The molecule has 0 amide bonds. The van der Waals surface area contributed by atoms with E-state index in [1.165, 1.54) is 6.92 Å². The van der Waals surface area contributed by atoms with E-state index in [1.807, 2.05) is 6.92 Å². The quantitative estimate of drug-likeness (QED) is 0.663. The number of alkyl halides is 3. The predicted molar refractivity (Wildman–Crippen MR) is 90.4 cm³/mol. The Morgan fingerprint density at radius 1 is 1.15 bits per heavy atom. The maximum absolute atomic E-state index is 13.0. The van der Waals surface area contributed by atoms with Gasteiger partial charge in [0.1, 0.15) is 5.69 Å². The number of rotatable bonds is 4. The summed E-state index contributed by atoms with van der Waals surface area (Å²) in [5.74, 6) is -0.472. The van der Waals surface area contributed by atoms with Crippen LogP contribution < -0.4 is 0 Å². The second kappa shape index (κ2) is 6.76. The monoisotopic (exact) mass is 397 g/mol. The molecule has 0 aliphatic rings. The zero-order chi connectivity index (χ0) is 19.8. The van der Waals surface area contributed by atoms with E-state index in [4.69, 9.17) is 4.52 Å². The lowest BCUT2D eigenvalue weighted by Crippen LogP contribution is -2.10. The molecule has 0 N–H and O–H groups in total. The molecule has 2 aromatic heterocycles. The Balaban J connectivity index is 2.13. The molecule has 0 unspecified atom stereocenters. The van der Waals surface area contributed by atoms with Crippen molar-refractivity contribution in [3.05, 3.63) is 47.7 Å². The van der Waals surface area contributed by atoms with E-state index in [1.54, 1.807) is 18.3 Å². The molecule has 0 bridgehead atoms. The van der Waals surface area contributed by atoms with Crippen molar-refractivity contribution >= 4 is 9.84 Å². The summed E-state index contributed by atoms with van der Waals surface area (Å²) >= 11 is 0. The summed E-state index contributed by atoms with van der Waals surface area (Å²) in [5, 5.41) is 3.75.